The van der Waals surface area contributed by atoms with Crippen molar-refractivity contribution >= 4 is 28.6 Å². The van der Waals surface area contributed by atoms with Crippen molar-refractivity contribution in [3.63, 3.8) is 0 Å². The lowest BCUT2D eigenvalue weighted by Crippen LogP contribution is -2.14. The standard InChI is InChI=1S/C17H13N3O5/c1-2-9-24-17(21)19-13-6-4-3-5-12(13)16-18-14-8-7-11(20(22)23)10-15(14)25-16/h2-8,10H,1,9H2,(H,19,21). The second-order valence-electron chi connectivity index (χ2n) is 4.99. The second kappa shape index (κ2) is 6.83. The van der Waals surface area contributed by atoms with E-state index in [-0.39, 0.29) is 23.8 Å². The monoisotopic (exact) mass is 339 g/mol. The first-order chi connectivity index (χ1) is 12.1. The van der Waals surface area contributed by atoms with E-state index in [9.17, 15) is 14.9 Å². The Hall–Kier alpha value is -3.68. The van der Waals surface area contributed by atoms with Gasteiger partial charge in [0, 0.05) is 6.07 Å². The Morgan fingerprint density at radius 3 is 2.92 bits per heavy atom. The molecule has 1 aromatic heterocycles. The highest BCUT2D eigenvalue weighted by Crippen LogP contribution is 2.31. The predicted octanol–water partition coefficient (Wildman–Crippen LogP) is 4.14. The summed E-state index contributed by atoms with van der Waals surface area (Å²) in [5.41, 5.74) is 1.64. The largest absolute Gasteiger partial charge is 0.445 e. The average molecular weight is 339 g/mol. The van der Waals surface area contributed by atoms with Gasteiger partial charge in [-0.3, -0.25) is 15.4 Å². The zero-order valence-corrected chi connectivity index (χ0v) is 13.0. The number of non-ortho nitro benzene ring substituents is 1. The van der Waals surface area contributed by atoms with Gasteiger partial charge in [-0.2, -0.15) is 0 Å². The molecule has 1 amide bonds. The van der Waals surface area contributed by atoms with Gasteiger partial charge in [-0.05, 0) is 18.2 Å². The van der Waals surface area contributed by atoms with Crippen LogP contribution in [0.5, 0.6) is 0 Å². The number of anilines is 1. The van der Waals surface area contributed by atoms with Crippen molar-refractivity contribution in [3.8, 4) is 11.5 Å². The number of aromatic nitrogens is 1. The van der Waals surface area contributed by atoms with Crippen molar-refractivity contribution in [1.82, 2.24) is 4.98 Å². The van der Waals surface area contributed by atoms with E-state index in [0.717, 1.165) is 0 Å². The van der Waals surface area contributed by atoms with Gasteiger partial charge in [0.05, 0.1) is 22.2 Å². The van der Waals surface area contributed by atoms with Crippen LogP contribution in [0.2, 0.25) is 0 Å². The minimum Gasteiger partial charge on any atom is -0.445 e. The molecule has 0 fully saturated rings. The molecule has 0 aliphatic rings. The number of nitro benzene ring substituents is 1. The van der Waals surface area contributed by atoms with Crippen molar-refractivity contribution in [2.45, 2.75) is 0 Å². The minimum absolute atomic E-state index is 0.0839. The van der Waals surface area contributed by atoms with Crippen LogP contribution in [0.3, 0.4) is 0 Å². The number of hydrogen-bond acceptors (Lipinski definition) is 6. The Kier molecular flexibility index (Phi) is 4.42. The van der Waals surface area contributed by atoms with Gasteiger partial charge in [0.25, 0.3) is 5.69 Å². The maximum Gasteiger partial charge on any atom is 0.411 e. The summed E-state index contributed by atoms with van der Waals surface area (Å²) in [6.07, 6.45) is 0.818. The van der Waals surface area contributed by atoms with Gasteiger partial charge in [0.15, 0.2) is 5.58 Å². The van der Waals surface area contributed by atoms with Crippen LogP contribution in [0.1, 0.15) is 0 Å². The SMILES string of the molecule is C=CCOC(=O)Nc1ccccc1-c1nc2ccc([N+](=O)[O-])cc2o1. The Labute approximate surface area is 141 Å². The Balaban J connectivity index is 1.96. The second-order valence-corrected chi connectivity index (χ2v) is 4.99. The maximum absolute atomic E-state index is 11.7. The fourth-order valence-electron chi connectivity index (χ4n) is 2.20. The summed E-state index contributed by atoms with van der Waals surface area (Å²) in [5.74, 6) is 0.232. The number of carbonyl (C=O) groups is 1. The van der Waals surface area contributed by atoms with Gasteiger partial charge in [-0.1, -0.05) is 24.8 Å². The number of carbonyl (C=O) groups excluding carboxylic acids is 1. The number of amides is 1. The lowest BCUT2D eigenvalue weighted by Gasteiger charge is -2.08. The molecular weight excluding hydrogens is 326 g/mol. The molecule has 8 heteroatoms. The lowest BCUT2D eigenvalue weighted by molar-refractivity contribution is -0.384. The Morgan fingerprint density at radius 2 is 2.16 bits per heavy atom. The van der Waals surface area contributed by atoms with E-state index in [1.165, 1.54) is 24.3 Å². The van der Waals surface area contributed by atoms with Crippen LogP contribution in [0, 0.1) is 10.1 Å². The van der Waals surface area contributed by atoms with Gasteiger partial charge < -0.3 is 9.15 Å². The van der Waals surface area contributed by atoms with Crippen LogP contribution in [0.25, 0.3) is 22.6 Å². The summed E-state index contributed by atoms with van der Waals surface area (Å²) in [6.45, 7) is 3.55. The Morgan fingerprint density at radius 1 is 1.36 bits per heavy atom. The van der Waals surface area contributed by atoms with Crippen LogP contribution in [0.4, 0.5) is 16.2 Å². The molecule has 25 heavy (non-hydrogen) atoms. The van der Waals surface area contributed by atoms with Gasteiger partial charge in [0.1, 0.15) is 12.1 Å². The molecule has 0 radical (unpaired) electrons. The number of para-hydroxylation sites is 1. The molecule has 1 N–H and O–H groups in total. The molecule has 0 atom stereocenters. The van der Waals surface area contributed by atoms with Crippen molar-refractivity contribution < 1.29 is 18.9 Å². The van der Waals surface area contributed by atoms with E-state index >= 15 is 0 Å². The van der Waals surface area contributed by atoms with Crippen molar-refractivity contribution in [2.24, 2.45) is 0 Å². The molecule has 2 aromatic carbocycles. The topological polar surface area (TPSA) is 108 Å². The number of ether oxygens (including phenoxy) is 1. The van der Waals surface area contributed by atoms with Crippen LogP contribution in [-0.2, 0) is 4.74 Å². The highest BCUT2D eigenvalue weighted by molar-refractivity contribution is 5.91. The summed E-state index contributed by atoms with van der Waals surface area (Å²) in [6, 6.07) is 11.0. The molecule has 0 saturated carbocycles. The molecule has 1 heterocycles. The van der Waals surface area contributed by atoms with E-state index in [1.807, 2.05) is 0 Å². The van der Waals surface area contributed by atoms with Crippen molar-refractivity contribution in [1.29, 1.82) is 0 Å². The summed E-state index contributed by atoms with van der Waals surface area (Å²) in [5, 5.41) is 13.5. The van der Waals surface area contributed by atoms with E-state index in [2.05, 4.69) is 16.9 Å². The fraction of sp³-hybridized carbons (Fsp3) is 0.0588. The molecule has 0 saturated heterocycles. The van der Waals surface area contributed by atoms with Gasteiger partial charge in [0.2, 0.25) is 5.89 Å². The third-order valence-corrected chi connectivity index (χ3v) is 3.31. The van der Waals surface area contributed by atoms with E-state index in [1.54, 1.807) is 24.3 Å². The normalized spacial score (nSPS) is 10.4. The zero-order valence-electron chi connectivity index (χ0n) is 13.0. The summed E-state index contributed by atoms with van der Waals surface area (Å²) >= 11 is 0. The van der Waals surface area contributed by atoms with E-state index in [4.69, 9.17) is 9.15 Å². The van der Waals surface area contributed by atoms with Crippen LogP contribution >= 0.6 is 0 Å². The summed E-state index contributed by atoms with van der Waals surface area (Å²) < 4.78 is 10.5. The average Bonchev–Trinajstić information content (AvgIpc) is 3.03. The maximum atomic E-state index is 11.7. The van der Waals surface area contributed by atoms with Crippen molar-refractivity contribution in [3.05, 3.63) is 65.2 Å². The van der Waals surface area contributed by atoms with Gasteiger partial charge in [-0.15, -0.1) is 0 Å². The molecule has 0 unspecified atom stereocenters. The number of nitro groups is 1. The number of rotatable bonds is 5. The number of fused-ring (bicyclic) bond motifs is 1. The van der Waals surface area contributed by atoms with Crippen LogP contribution in [-0.4, -0.2) is 22.6 Å². The highest BCUT2D eigenvalue weighted by Gasteiger charge is 2.16. The first-order valence-electron chi connectivity index (χ1n) is 7.27. The zero-order chi connectivity index (χ0) is 17.8. The quantitative estimate of drug-likeness (QED) is 0.425. The molecule has 126 valence electrons. The Bertz CT molecular complexity index is 964. The molecule has 3 aromatic rings. The number of benzene rings is 2. The number of oxazole rings is 1. The molecule has 0 aliphatic carbocycles. The first-order valence-corrected chi connectivity index (χ1v) is 7.27. The molecule has 3 rings (SSSR count). The van der Waals surface area contributed by atoms with Gasteiger partial charge >= 0.3 is 6.09 Å². The summed E-state index contributed by atoms with van der Waals surface area (Å²) in [7, 11) is 0. The predicted molar refractivity (Wildman–Crippen MR) is 91.3 cm³/mol. The van der Waals surface area contributed by atoms with Crippen LogP contribution in [0.15, 0.2) is 59.5 Å². The molecule has 8 nitrogen and oxygen atoms in total. The molecular formula is C17H13N3O5. The summed E-state index contributed by atoms with van der Waals surface area (Å²) in [4.78, 5) is 26.4. The van der Waals surface area contributed by atoms with Gasteiger partial charge in [-0.25, -0.2) is 9.78 Å². The van der Waals surface area contributed by atoms with E-state index in [0.29, 0.717) is 16.8 Å². The molecule has 0 aliphatic heterocycles. The molecule has 0 spiro atoms. The number of hydrogen-bond donors (Lipinski definition) is 1. The smallest absolute Gasteiger partial charge is 0.411 e. The number of nitrogens with one attached hydrogen (secondary N) is 1. The van der Waals surface area contributed by atoms with E-state index < -0.39 is 11.0 Å². The fourth-order valence-corrected chi connectivity index (χ4v) is 2.20. The van der Waals surface area contributed by atoms with Crippen LogP contribution < -0.4 is 5.32 Å². The third-order valence-electron chi connectivity index (χ3n) is 3.31. The van der Waals surface area contributed by atoms with Crippen molar-refractivity contribution in [2.75, 3.05) is 11.9 Å². The minimum atomic E-state index is -0.640. The lowest BCUT2D eigenvalue weighted by atomic mass is 10.2. The molecule has 0 bridgehead atoms. The first kappa shape index (κ1) is 16.2. The number of nitrogens with zero attached hydrogens (tertiary/aromatic N) is 2. The third kappa shape index (κ3) is 3.47. The highest BCUT2D eigenvalue weighted by atomic mass is 16.6.